The maximum absolute atomic E-state index is 13.1. The van der Waals surface area contributed by atoms with Gasteiger partial charge < -0.3 is 9.80 Å². The summed E-state index contributed by atoms with van der Waals surface area (Å²) in [6, 6.07) is 2.23. The van der Waals surface area contributed by atoms with E-state index in [0.717, 1.165) is 31.4 Å². The Bertz CT molecular complexity index is 632. The van der Waals surface area contributed by atoms with Gasteiger partial charge in [-0.15, -0.1) is 0 Å². The molecular weight excluding hydrogens is 319 g/mol. The second-order valence-electron chi connectivity index (χ2n) is 6.72. The van der Waals surface area contributed by atoms with Gasteiger partial charge in [0.25, 0.3) is 0 Å². The second kappa shape index (κ2) is 6.26. The third-order valence-corrected chi connectivity index (χ3v) is 4.85. The summed E-state index contributed by atoms with van der Waals surface area (Å²) in [5, 5.41) is 0. The first kappa shape index (κ1) is 17.0. The largest absolute Gasteiger partial charge is 0.416 e. The van der Waals surface area contributed by atoms with Gasteiger partial charge in [0.2, 0.25) is 5.91 Å². The molecule has 1 amide bonds. The zero-order valence-electron chi connectivity index (χ0n) is 13.9. The Labute approximate surface area is 139 Å². The molecular formula is C17H22F3N3O. The average Bonchev–Trinajstić information content (AvgIpc) is 2.79. The first-order chi connectivity index (χ1) is 11.3. The van der Waals surface area contributed by atoms with Crippen LogP contribution in [0, 0.1) is 12.8 Å². The number of aryl methyl sites for hydroxylation is 1. The summed E-state index contributed by atoms with van der Waals surface area (Å²) in [4.78, 5) is 20.6. The Balaban J connectivity index is 1.91. The number of halogens is 3. The Kier molecular flexibility index (Phi) is 4.44. The number of hydrogen-bond acceptors (Lipinski definition) is 3. The van der Waals surface area contributed by atoms with E-state index < -0.39 is 11.7 Å². The second-order valence-corrected chi connectivity index (χ2v) is 6.72. The van der Waals surface area contributed by atoms with Gasteiger partial charge in [-0.05, 0) is 38.3 Å². The monoisotopic (exact) mass is 341 g/mol. The van der Waals surface area contributed by atoms with E-state index >= 15 is 0 Å². The number of amides is 1. The van der Waals surface area contributed by atoms with Crippen molar-refractivity contribution >= 4 is 11.7 Å². The molecule has 2 bridgehead atoms. The van der Waals surface area contributed by atoms with Crippen LogP contribution in [0.4, 0.5) is 19.0 Å². The number of anilines is 1. The fraction of sp³-hybridized carbons (Fsp3) is 0.647. The van der Waals surface area contributed by atoms with Gasteiger partial charge in [-0.2, -0.15) is 13.2 Å². The van der Waals surface area contributed by atoms with Gasteiger partial charge in [0, 0.05) is 31.4 Å². The van der Waals surface area contributed by atoms with Crippen LogP contribution in [-0.2, 0) is 11.0 Å². The molecule has 3 aliphatic heterocycles. The van der Waals surface area contributed by atoms with Gasteiger partial charge in [-0.3, -0.25) is 4.79 Å². The summed E-state index contributed by atoms with van der Waals surface area (Å²) >= 11 is 0. The summed E-state index contributed by atoms with van der Waals surface area (Å²) in [6.45, 7) is 5.31. The van der Waals surface area contributed by atoms with Crippen molar-refractivity contribution < 1.29 is 18.0 Å². The molecule has 0 aromatic carbocycles. The number of fused-ring (bicyclic) bond motifs is 4. The van der Waals surface area contributed by atoms with Crippen LogP contribution in [0.25, 0.3) is 0 Å². The van der Waals surface area contributed by atoms with Gasteiger partial charge in [-0.1, -0.05) is 6.92 Å². The number of piperidine rings is 1. The number of rotatable bonds is 3. The Morgan fingerprint density at radius 3 is 2.67 bits per heavy atom. The van der Waals surface area contributed by atoms with Gasteiger partial charge in [0.15, 0.2) is 0 Å². The smallest absolute Gasteiger partial charge is 0.354 e. The van der Waals surface area contributed by atoms with Crippen LogP contribution in [0.2, 0.25) is 0 Å². The molecule has 7 heteroatoms. The van der Waals surface area contributed by atoms with Crippen LogP contribution in [0.5, 0.6) is 0 Å². The number of carbonyl (C=O) groups excluding carboxylic acids is 1. The van der Waals surface area contributed by atoms with Crippen LogP contribution in [0.3, 0.4) is 0 Å². The lowest BCUT2D eigenvalue weighted by Gasteiger charge is -2.35. The van der Waals surface area contributed by atoms with Crippen molar-refractivity contribution in [3.63, 3.8) is 0 Å². The standard InChI is InChI=1S/C17H22F3N3O/c1-3-6-23-14-5-4-12(16(23)24)9-22(10-14)15-8-13(17(18,19)20)7-11(2)21-15/h7-8,12,14H,3-6,9-10H2,1-2H3/t12-,14+/m0/s1. The molecule has 3 saturated heterocycles. The normalized spacial score (nSPS) is 24.5. The summed E-state index contributed by atoms with van der Waals surface area (Å²) in [5.41, 5.74) is -0.341. The number of alkyl halides is 3. The van der Waals surface area contributed by atoms with Gasteiger partial charge >= 0.3 is 6.18 Å². The summed E-state index contributed by atoms with van der Waals surface area (Å²) in [5.74, 6) is 0.316. The van der Waals surface area contributed by atoms with E-state index in [1.54, 1.807) is 6.92 Å². The van der Waals surface area contributed by atoms with Gasteiger partial charge in [0.1, 0.15) is 5.82 Å². The number of nitrogens with zero attached hydrogens (tertiary/aromatic N) is 3. The van der Waals surface area contributed by atoms with E-state index in [1.165, 1.54) is 0 Å². The molecule has 0 N–H and O–H groups in total. The first-order valence-electron chi connectivity index (χ1n) is 8.41. The van der Waals surface area contributed by atoms with Crippen LogP contribution in [0.15, 0.2) is 12.1 Å². The number of pyridine rings is 1. The molecule has 3 aliphatic rings. The van der Waals surface area contributed by atoms with E-state index in [-0.39, 0.29) is 17.9 Å². The molecule has 4 heterocycles. The quantitative estimate of drug-likeness (QED) is 0.847. The lowest BCUT2D eigenvalue weighted by Crippen LogP contribution is -2.48. The maximum Gasteiger partial charge on any atom is 0.416 e. The molecule has 0 aliphatic carbocycles. The Hall–Kier alpha value is -1.79. The molecule has 3 fully saturated rings. The maximum atomic E-state index is 13.1. The summed E-state index contributed by atoms with van der Waals surface area (Å²) < 4.78 is 39.2. The predicted molar refractivity (Wildman–Crippen MR) is 84.7 cm³/mol. The molecule has 1 aromatic rings. The van der Waals surface area contributed by atoms with E-state index in [2.05, 4.69) is 4.98 Å². The minimum absolute atomic E-state index is 0.0628. The van der Waals surface area contributed by atoms with Crippen LogP contribution in [0.1, 0.15) is 37.4 Å². The van der Waals surface area contributed by atoms with Crippen LogP contribution in [-0.4, -0.2) is 41.5 Å². The van der Waals surface area contributed by atoms with Crippen LogP contribution < -0.4 is 4.90 Å². The third-order valence-electron chi connectivity index (χ3n) is 4.85. The molecule has 0 unspecified atom stereocenters. The molecule has 132 valence electrons. The fourth-order valence-corrected chi connectivity index (χ4v) is 3.74. The summed E-state index contributed by atoms with van der Waals surface area (Å²) in [7, 11) is 0. The lowest BCUT2D eigenvalue weighted by atomic mass is 9.94. The molecule has 2 atom stereocenters. The summed E-state index contributed by atoms with van der Waals surface area (Å²) in [6.07, 6.45) is -1.80. The van der Waals surface area contributed by atoms with Crippen molar-refractivity contribution in [2.45, 2.75) is 45.3 Å². The van der Waals surface area contributed by atoms with Crippen LogP contribution >= 0.6 is 0 Å². The van der Waals surface area contributed by atoms with E-state index in [4.69, 9.17) is 0 Å². The number of aromatic nitrogens is 1. The van der Waals surface area contributed by atoms with E-state index in [1.807, 2.05) is 16.7 Å². The molecule has 4 rings (SSSR count). The average molecular weight is 341 g/mol. The fourth-order valence-electron chi connectivity index (χ4n) is 3.74. The minimum atomic E-state index is -4.39. The molecule has 24 heavy (non-hydrogen) atoms. The zero-order chi connectivity index (χ0) is 17.5. The highest BCUT2D eigenvalue weighted by Crippen LogP contribution is 2.35. The van der Waals surface area contributed by atoms with Crippen molar-refractivity contribution in [2.24, 2.45) is 5.92 Å². The van der Waals surface area contributed by atoms with Gasteiger partial charge in [-0.25, -0.2) is 4.98 Å². The predicted octanol–water partition coefficient (Wildman–Crippen LogP) is 3.25. The highest BCUT2D eigenvalue weighted by molar-refractivity contribution is 5.81. The molecule has 0 spiro atoms. The topological polar surface area (TPSA) is 36.4 Å². The molecule has 4 nitrogen and oxygen atoms in total. The number of carbonyl (C=O) groups is 1. The minimum Gasteiger partial charge on any atom is -0.354 e. The molecule has 1 aromatic heterocycles. The van der Waals surface area contributed by atoms with Gasteiger partial charge in [0.05, 0.1) is 11.5 Å². The SMILES string of the molecule is CCCN1C(=O)[C@H]2CC[C@@H]1CN(c1cc(C(F)(F)F)cc(C)n1)C2. The van der Waals surface area contributed by atoms with Crippen molar-refractivity contribution in [3.8, 4) is 0 Å². The molecule has 0 radical (unpaired) electrons. The van der Waals surface area contributed by atoms with Crippen molar-refractivity contribution in [1.82, 2.24) is 9.88 Å². The van der Waals surface area contributed by atoms with Crippen molar-refractivity contribution in [3.05, 3.63) is 23.4 Å². The number of hydrogen-bond donors (Lipinski definition) is 0. The van der Waals surface area contributed by atoms with Crippen molar-refractivity contribution in [1.29, 1.82) is 0 Å². The lowest BCUT2D eigenvalue weighted by molar-refractivity contribution is -0.140. The molecule has 0 saturated carbocycles. The Morgan fingerprint density at radius 1 is 1.25 bits per heavy atom. The Morgan fingerprint density at radius 2 is 2.00 bits per heavy atom. The van der Waals surface area contributed by atoms with E-state index in [0.29, 0.717) is 31.1 Å². The highest BCUT2D eigenvalue weighted by Gasteiger charge is 2.41. The van der Waals surface area contributed by atoms with E-state index in [9.17, 15) is 18.0 Å². The van der Waals surface area contributed by atoms with Crippen molar-refractivity contribution in [2.75, 3.05) is 24.5 Å². The zero-order valence-corrected chi connectivity index (χ0v) is 13.9. The highest BCUT2D eigenvalue weighted by atomic mass is 19.4. The first-order valence-corrected chi connectivity index (χ1v) is 8.41. The third kappa shape index (κ3) is 3.21.